The number of carboxylic acids is 1. The lowest BCUT2D eigenvalue weighted by molar-refractivity contribution is -0.143. The Hall–Kier alpha value is -1.34. The highest BCUT2D eigenvalue weighted by Crippen LogP contribution is 2.29. The van der Waals surface area contributed by atoms with Crippen molar-refractivity contribution >= 4 is 45.2 Å². The molecule has 0 saturated carbocycles. The van der Waals surface area contributed by atoms with E-state index in [1.807, 2.05) is 0 Å². The minimum Gasteiger partial charge on any atom is -0.481 e. The average Bonchev–Trinajstić information content (AvgIpc) is 2.44. The van der Waals surface area contributed by atoms with Gasteiger partial charge in [0.05, 0.1) is 21.1 Å². The third-order valence-corrected chi connectivity index (χ3v) is 4.23. The zero-order valence-electron chi connectivity index (χ0n) is 10.9. The number of hydrogen-bond acceptors (Lipinski definition) is 2. The average molecular weight is 380 g/mol. The minimum absolute atomic E-state index is 0.137. The number of nitrogens with zero attached hydrogens (tertiary/aromatic N) is 1. The summed E-state index contributed by atoms with van der Waals surface area (Å²) in [6, 6.07) is 1.98. The van der Waals surface area contributed by atoms with Gasteiger partial charge in [-0.25, -0.2) is 9.18 Å². The fourth-order valence-corrected chi connectivity index (χ4v) is 2.86. The van der Waals surface area contributed by atoms with Crippen molar-refractivity contribution in [1.82, 2.24) is 4.90 Å². The zero-order valence-corrected chi connectivity index (χ0v) is 13.2. The second-order valence-electron chi connectivity index (χ2n) is 4.80. The molecule has 0 bridgehead atoms. The minimum atomic E-state index is -0.916. The van der Waals surface area contributed by atoms with Crippen LogP contribution in [0.2, 0.25) is 5.02 Å². The number of likely N-dealkylation sites (tertiary alicyclic amines) is 1. The summed E-state index contributed by atoms with van der Waals surface area (Å²) in [5.74, 6) is -2.03. The summed E-state index contributed by atoms with van der Waals surface area (Å²) >= 11 is 8.94. The van der Waals surface area contributed by atoms with Crippen LogP contribution in [0, 0.1) is 11.7 Å². The lowest BCUT2D eigenvalue weighted by Gasteiger charge is -2.30. The molecule has 1 aliphatic heterocycles. The molecule has 2 N–H and O–H groups in total. The summed E-state index contributed by atoms with van der Waals surface area (Å²) in [5.41, 5.74) is 0.153. The summed E-state index contributed by atoms with van der Waals surface area (Å²) in [4.78, 5) is 24.5. The van der Waals surface area contributed by atoms with E-state index in [0.717, 1.165) is 6.07 Å². The molecule has 114 valence electrons. The van der Waals surface area contributed by atoms with Crippen molar-refractivity contribution in [2.24, 2.45) is 5.92 Å². The molecule has 0 radical (unpaired) electrons. The van der Waals surface area contributed by atoms with E-state index in [-0.39, 0.29) is 21.7 Å². The number of nitrogens with one attached hydrogen (secondary N) is 1. The van der Waals surface area contributed by atoms with E-state index in [9.17, 15) is 14.0 Å². The van der Waals surface area contributed by atoms with Gasteiger partial charge in [0, 0.05) is 19.2 Å². The molecular weight excluding hydrogens is 367 g/mol. The Balaban J connectivity index is 2.07. The van der Waals surface area contributed by atoms with Gasteiger partial charge in [0.15, 0.2) is 0 Å². The number of benzene rings is 1. The summed E-state index contributed by atoms with van der Waals surface area (Å²) in [7, 11) is 0. The maximum Gasteiger partial charge on any atom is 0.321 e. The molecule has 1 atom stereocenters. The smallest absolute Gasteiger partial charge is 0.321 e. The van der Waals surface area contributed by atoms with Crippen LogP contribution in [0.5, 0.6) is 0 Å². The summed E-state index contributed by atoms with van der Waals surface area (Å²) in [6.07, 6.45) is 1.17. The quantitative estimate of drug-likeness (QED) is 0.772. The van der Waals surface area contributed by atoms with E-state index >= 15 is 0 Å². The molecule has 2 amide bonds. The first-order valence-corrected chi connectivity index (χ1v) is 7.49. The van der Waals surface area contributed by atoms with Gasteiger partial charge in [-0.2, -0.15) is 0 Å². The van der Waals surface area contributed by atoms with Crippen molar-refractivity contribution < 1.29 is 19.1 Å². The first-order valence-electron chi connectivity index (χ1n) is 6.31. The first-order chi connectivity index (χ1) is 9.88. The molecule has 2 rings (SSSR count). The van der Waals surface area contributed by atoms with Gasteiger partial charge < -0.3 is 15.3 Å². The van der Waals surface area contributed by atoms with Crippen LogP contribution >= 0.6 is 27.5 Å². The van der Waals surface area contributed by atoms with E-state index in [4.69, 9.17) is 16.7 Å². The molecular formula is C13H13BrClFN2O3. The Labute approximate surface area is 134 Å². The molecule has 1 saturated heterocycles. The molecule has 1 aromatic rings. The van der Waals surface area contributed by atoms with E-state index in [1.165, 1.54) is 11.0 Å². The number of rotatable bonds is 2. The van der Waals surface area contributed by atoms with E-state index in [0.29, 0.717) is 19.4 Å². The molecule has 1 heterocycles. The lowest BCUT2D eigenvalue weighted by Crippen LogP contribution is -2.44. The van der Waals surface area contributed by atoms with Gasteiger partial charge in [-0.1, -0.05) is 11.6 Å². The van der Waals surface area contributed by atoms with Gasteiger partial charge in [0.1, 0.15) is 5.82 Å². The third kappa shape index (κ3) is 3.85. The molecule has 8 heteroatoms. The number of carbonyl (C=O) groups is 2. The highest BCUT2D eigenvalue weighted by Gasteiger charge is 2.28. The zero-order chi connectivity index (χ0) is 15.6. The van der Waals surface area contributed by atoms with Crippen LogP contribution in [-0.4, -0.2) is 35.1 Å². The number of carboxylic acid groups (broad SMARTS) is 1. The van der Waals surface area contributed by atoms with Crippen LogP contribution in [0.25, 0.3) is 0 Å². The lowest BCUT2D eigenvalue weighted by atomic mass is 9.99. The molecule has 0 aromatic heterocycles. The van der Waals surface area contributed by atoms with Crippen molar-refractivity contribution in [2.45, 2.75) is 12.8 Å². The summed E-state index contributed by atoms with van der Waals surface area (Å²) in [5, 5.41) is 11.7. The Kier molecular flexibility index (Phi) is 5.05. The summed E-state index contributed by atoms with van der Waals surface area (Å²) in [6.45, 7) is 0.601. The van der Waals surface area contributed by atoms with Crippen molar-refractivity contribution in [1.29, 1.82) is 0 Å². The fourth-order valence-electron chi connectivity index (χ4n) is 2.18. The number of hydrogen-bond donors (Lipinski definition) is 2. The number of amides is 2. The standard InChI is InChI=1S/C13H13BrClFN2O3/c14-8-4-9(15)11(5-10(8)16)17-13(21)18-3-1-2-7(6-18)12(19)20/h4-5,7H,1-3,6H2,(H,17,21)(H,19,20). The fraction of sp³-hybridized carbons (Fsp3) is 0.385. The molecule has 0 aliphatic carbocycles. The van der Waals surface area contributed by atoms with Gasteiger partial charge >= 0.3 is 12.0 Å². The van der Waals surface area contributed by atoms with Crippen molar-refractivity contribution in [3.05, 3.63) is 27.4 Å². The largest absolute Gasteiger partial charge is 0.481 e. The molecule has 0 spiro atoms. The Bertz CT molecular complexity index is 585. The highest BCUT2D eigenvalue weighted by molar-refractivity contribution is 9.10. The topological polar surface area (TPSA) is 69.6 Å². The second-order valence-corrected chi connectivity index (χ2v) is 6.06. The van der Waals surface area contributed by atoms with Gasteiger partial charge in [0.2, 0.25) is 0 Å². The van der Waals surface area contributed by atoms with Gasteiger partial charge in [-0.3, -0.25) is 4.79 Å². The Morgan fingerprint density at radius 3 is 2.86 bits per heavy atom. The molecule has 1 fully saturated rings. The Morgan fingerprint density at radius 1 is 1.48 bits per heavy atom. The molecule has 5 nitrogen and oxygen atoms in total. The second kappa shape index (κ2) is 6.62. The first kappa shape index (κ1) is 16.0. The number of urea groups is 1. The maximum absolute atomic E-state index is 13.5. The number of halogens is 3. The molecule has 1 unspecified atom stereocenters. The normalized spacial score (nSPS) is 18.4. The van der Waals surface area contributed by atoms with Crippen molar-refractivity contribution in [3.8, 4) is 0 Å². The SMILES string of the molecule is O=C(O)C1CCCN(C(=O)Nc2cc(F)c(Br)cc2Cl)C1. The van der Waals surface area contributed by atoms with Crippen LogP contribution in [0.1, 0.15) is 12.8 Å². The summed E-state index contributed by atoms with van der Waals surface area (Å²) < 4.78 is 13.7. The van der Waals surface area contributed by atoms with Crippen molar-refractivity contribution in [3.63, 3.8) is 0 Å². The predicted molar refractivity (Wildman–Crippen MR) is 80.1 cm³/mol. The van der Waals surface area contributed by atoms with E-state index in [2.05, 4.69) is 21.2 Å². The van der Waals surface area contributed by atoms with Crippen LogP contribution < -0.4 is 5.32 Å². The molecule has 1 aliphatic rings. The molecule has 1 aromatic carbocycles. The monoisotopic (exact) mass is 378 g/mol. The third-order valence-electron chi connectivity index (χ3n) is 3.31. The van der Waals surface area contributed by atoms with Gasteiger partial charge in [-0.15, -0.1) is 0 Å². The number of anilines is 1. The number of carbonyl (C=O) groups excluding carboxylic acids is 1. The van der Waals surface area contributed by atoms with Crippen LogP contribution in [0.4, 0.5) is 14.9 Å². The van der Waals surface area contributed by atoms with E-state index < -0.39 is 23.7 Å². The number of piperidine rings is 1. The number of aliphatic carboxylic acids is 1. The van der Waals surface area contributed by atoms with Crippen LogP contribution in [0.3, 0.4) is 0 Å². The maximum atomic E-state index is 13.5. The van der Waals surface area contributed by atoms with Gasteiger partial charge in [0.25, 0.3) is 0 Å². The molecule has 21 heavy (non-hydrogen) atoms. The Morgan fingerprint density at radius 2 is 2.19 bits per heavy atom. The highest BCUT2D eigenvalue weighted by atomic mass is 79.9. The van der Waals surface area contributed by atoms with Crippen molar-refractivity contribution in [2.75, 3.05) is 18.4 Å². The van der Waals surface area contributed by atoms with Crippen LogP contribution in [0.15, 0.2) is 16.6 Å². The van der Waals surface area contributed by atoms with E-state index in [1.54, 1.807) is 0 Å². The van der Waals surface area contributed by atoms with Crippen LogP contribution in [-0.2, 0) is 4.79 Å². The predicted octanol–water partition coefficient (Wildman–Crippen LogP) is 3.57. The van der Waals surface area contributed by atoms with Gasteiger partial charge in [-0.05, 0) is 34.8 Å².